The minimum atomic E-state index is -0.299. The van der Waals surface area contributed by atoms with Gasteiger partial charge in [0.1, 0.15) is 18.2 Å². The van der Waals surface area contributed by atoms with Gasteiger partial charge in [0.05, 0.1) is 13.2 Å². The number of hydrogen-bond donors (Lipinski definition) is 0. The number of aromatic nitrogens is 1. The van der Waals surface area contributed by atoms with Crippen molar-refractivity contribution in [3.63, 3.8) is 0 Å². The van der Waals surface area contributed by atoms with Gasteiger partial charge in [0.25, 0.3) is 5.91 Å². The molecule has 0 saturated carbocycles. The third-order valence-electron chi connectivity index (χ3n) is 6.26. The molecule has 1 aromatic heterocycles. The number of ether oxygens (including phenoxy) is 2. The van der Waals surface area contributed by atoms with Crippen molar-refractivity contribution in [2.75, 3.05) is 26.3 Å². The fraction of sp³-hybridized carbons (Fsp3) is 0.241. The van der Waals surface area contributed by atoms with E-state index in [1.54, 1.807) is 30.3 Å². The molecule has 0 radical (unpaired) electrons. The van der Waals surface area contributed by atoms with E-state index >= 15 is 0 Å². The van der Waals surface area contributed by atoms with Crippen molar-refractivity contribution in [2.24, 2.45) is 5.92 Å². The van der Waals surface area contributed by atoms with Crippen molar-refractivity contribution in [1.29, 1.82) is 0 Å². The standard InChI is InChI=1S/C29H27FN2O3/c30-26-8-3-5-21(14-26)20-35-27-9-4-7-23(15-27)29(33)32-11-12-34-19-22(18-32)13-25-17-31-16-24-6-1-2-10-28(24)25/h1-10,14-17,22H,11-13,18-20H2/t22-/m0/s1. The van der Waals surface area contributed by atoms with Crippen LogP contribution in [0.1, 0.15) is 21.5 Å². The molecule has 4 aromatic rings. The first-order valence-corrected chi connectivity index (χ1v) is 11.8. The molecular formula is C29H27FN2O3. The maximum absolute atomic E-state index is 13.4. The van der Waals surface area contributed by atoms with E-state index in [1.807, 2.05) is 35.5 Å². The number of fused-ring (bicyclic) bond motifs is 1. The normalized spacial score (nSPS) is 16.1. The lowest BCUT2D eigenvalue weighted by atomic mass is 9.96. The second-order valence-electron chi connectivity index (χ2n) is 8.86. The van der Waals surface area contributed by atoms with Crippen LogP contribution in [0.25, 0.3) is 10.8 Å². The molecule has 3 aromatic carbocycles. The number of carbonyl (C=O) groups excluding carboxylic acids is 1. The van der Waals surface area contributed by atoms with Crippen LogP contribution in [-0.2, 0) is 17.8 Å². The average Bonchev–Trinajstić information content (AvgIpc) is 3.13. The van der Waals surface area contributed by atoms with Crippen LogP contribution in [0, 0.1) is 11.7 Å². The lowest BCUT2D eigenvalue weighted by Crippen LogP contribution is -2.36. The number of rotatable bonds is 6. The summed E-state index contributed by atoms with van der Waals surface area (Å²) >= 11 is 0. The summed E-state index contributed by atoms with van der Waals surface area (Å²) in [6, 6.07) is 21.7. The second kappa shape index (κ2) is 10.7. The third-order valence-corrected chi connectivity index (χ3v) is 6.26. The van der Waals surface area contributed by atoms with Gasteiger partial charge in [-0.1, -0.05) is 42.5 Å². The van der Waals surface area contributed by atoms with E-state index in [0.717, 1.165) is 17.4 Å². The Morgan fingerprint density at radius 2 is 1.94 bits per heavy atom. The highest BCUT2D eigenvalue weighted by Crippen LogP contribution is 2.23. The van der Waals surface area contributed by atoms with E-state index in [1.165, 1.54) is 23.1 Å². The summed E-state index contributed by atoms with van der Waals surface area (Å²) in [7, 11) is 0. The van der Waals surface area contributed by atoms with Gasteiger partial charge in [-0.05, 0) is 53.3 Å². The molecule has 1 fully saturated rings. The molecule has 5 rings (SSSR count). The molecule has 0 unspecified atom stereocenters. The van der Waals surface area contributed by atoms with Crippen LogP contribution in [0.15, 0.2) is 85.2 Å². The van der Waals surface area contributed by atoms with Gasteiger partial charge in [0.2, 0.25) is 0 Å². The van der Waals surface area contributed by atoms with Crippen molar-refractivity contribution in [3.05, 3.63) is 108 Å². The Bertz CT molecular complexity index is 1320. The number of pyridine rings is 1. The summed E-state index contributed by atoms with van der Waals surface area (Å²) in [6.07, 6.45) is 4.58. The van der Waals surface area contributed by atoms with Gasteiger partial charge in [0, 0.05) is 42.4 Å². The highest BCUT2D eigenvalue weighted by atomic mass is 19.1. The summed E-state index contributed by atoms with van der Waals surface area (Å²) in [4.78, 5) is 19.7. The number of amides is 1. The zero-order valence-electron chi connectivity index (χ0n) is 19.4. The molecule has 1 saturated heterocycles. The predicted molar refractivity (Wildman–Crippen MR) is 133 cm³/mol. The molecule has 1 aliphatic rings. The lowest BCUT2D eigenvalue weighted by Gasteiger charge is -2.24. The summed E-state index contributed by atoms with van der Waals surface area (Å²) in [6.45, 7) is 2.48. The van der Waals surface area contributed by atoms with E-state index in [0.29, 0.717) is 37.6 Å². The Morgan fingerprint density at radius 1 is 1.06 bits per heavy atom. The second-order valence-corrected chi connectivity index (χ2v) is 8.86. The van der Waals surface area contributed by atoms with Crippen molar-refractivity contribution in [1.82, 2.24) is 9.88 Å². The van der Waals surface area contributed by atoms with Gasteiger partial charge in [-0.25, -0.2) is 4.39 Å². The maximum atomic E-state index is 13.4. The van der Waals surface area contributed by atoms with E-state index in [2.05, 4.69) is 17.1 Å². The Kier molecular flexibility index (Phi) is 7.00. The van der Waals surface area contributed by atoms with Gasteiger partial charge in [-0.3, -0.25) is 9.78 Å². The highest BCUT2D eigenvalue weighted by Gasteiger charge is 2.24. The molecule has 35 heavy (non-hydrogen) atoms. The molecule has 0 spiro atoms. The molecule has 0 N–H and O–H groups in total. The number of halogens is 1. The number of carbonyl (C=O) groups is 1. The van der Waals surface area contributed by atoms with Crippen LogP contribution in [0.2, 0.25) is 0 Å². The summed E-state index contributed by atoms with van der Waals surface area (Å²) in [5.74, 6) is 0.394. The van der Waals surface area contributed by atoms with E-state index in [9.17, 15) is 9.18 Å². The monoisotopic (exact) mass is 470 g/mol. The Balaban J connectivity index is 1.27. The molecule has 2 heterocycles. The quantitative estimate of drug-likeness (QED) is 0.385. The third kappa shape index (κ3) is 5.66. The molecular weight excluding hydrogens is 443 g/mol. The van der Waals surface area contributed by atoms with Crippen LogP contribution in [0.3, 0.4) is 0 Å². The van der Waals surface area contributed by atoms with Gasteiger partial charge >= 0.3 is 0 Å². The molecule has 0 bridgehead atoms. The Hall–Kier alpha value is -3.77. The topological polar surface area (TPSA) is 51.7 Å². The molecule has 0 aliphatic carbocycles. The van der Waals surface area contributed by atoms with E-state index in [4.69, 9.17) is 9.47 Å². The summed E-state index contributed by atoms with van der Waals surface area (Å²) in [5, 5.41) is 2.30. The molecule has 5 nitrogen and oxygen atoms in total. The fourth-order valence-corrected chi connectivity index (χ4v) is 4.54. The zero-order chi connectivity index (χ0) is 24.0. The lowest BCUT2D eigenvalue weighted by molar-refractivity contribution is 0.0737. The van der Waals surface area contributed by atoms with Gasteiger partial charge in [-0.2, -0.15) is 0 Å². The van der Waals surface area contributed by atoms with Crippen LogP contribution in [0.5, 0.6) is 5.75 Å². The smallest absolute Gasteiger partial charge is 0.254 e. The number of hydrogen-bond acceptors (Lipinski definition) is 4. The van der Waals surface area contributed by atoms with Crippen LogP contribution < -0.4 is 4.74 Å². The molecule has 1 atom stereocenters. The Labute approximate surface area is 204 Å². The van der Waals surface area contributed by atoms with Gasteiger partial charge in [-0.15, -0.1) is 0 Å². The van der Waals surface area contributed by atoms with Gasteiger partial charge < -0.3 is 14.4 Å². The highest BCUT2D eigenvalue weighted by molar-refractivity contribution is 5.94. The predicted octanol–water partition coefficient (Wildman–Crippen LogP) is 5.28. The zero-order valence-corrected chi connectivity index (χ0v) is 19.4. The van der Waals surface area contributed by atoms with Crippen molar-refractivity contribution in [2.45, 2.75) is 13.0 Å². The minimum absolute atomic E-state index is 0.0484. The first kappa shape index (κ1) is 23.0. The van der Waals surface area contributed by atoms with Crippen molar-refractivity contribution >= 4 is 16.7 Å². The van der Waals surface area contributed by atoms with Gasteiger partial charge in [0.15, 0.2) is 0 Å². The van der Waals surface area contributed by atoms with Crippen molar-refractivity contribution in [3.8, 4) is 5.75 Å². The average molecular weight is 471 g/mol. The molecule has 6 heteroatoms. The summed E-state index contributed by atoms with van der Waals surface area (Å²) < 4.78 is 25.1. The van der Waals surface area contributed by atoms with Crippen LogP contribution in [-0.4, -0.2) is 42.1 Å². The largest absolute Gasteiger partial charge is 0.489 e. The first-order valence-electron chi connectivity index (χ1n) is 11.8. The minimum Gasteiger partial charge on any atom is -0.489 e. The first-order chi connectivity index (χ1) is 17.2. The number of nitrogens with zero attached hydrogens (tertiary/aromatic N) is 2. The molecule has 1 amide bonds. The molecule has 1 aliphatic heterocycles. The SMILES string of the molecule is O=C(c1cccc(OCc2cccc(F)c2)c1)N1CCOC[C@@H](Cc2cncc3ccccc23)C1. The van der Waals surface area contributed by atoms with Crippen LogP contribution in [0.4, 0.5) is 4.39 Å². The maximum Gasteiger partial charge on any atom is 0.254 e. The fourth-order valence-electron chi connectivity index (χ4n) is 4.54. The van der Waals surface area contributed by atoms with Crippen LogP contribution >= 0.6 is 0 Å². The summed E-state index contributed by atoms with van der Waals surface area (Å²) in [5.41, 5.74) is 2.46. The molecule has 178 valence electrons. The Morgan fingerprint density at radius 3 is 2.86 bits per heavy atom. The van der Waals surface area contributed by atoms with E-state index in [-0.39, 0.29) is 24.2 Å². The van der Waals surface area contributed by atoms with E-state index < -0.39 is 0 Å². The van der Waals surface area contributed by atoms with Crippen molar-refractivity contribution < 1.29 is 18.7 Å². The number of benzene rings is 3.